The van der Waals surface area contributed by atoms with Gasteiger partial charge in [-0.25, -0.2) is 0 Å². The Labute approximate surface area is 169 Å². The van der Waals surface area contributed by atoms with Crippen LogP contribution in [-0.4, -0.2) is 36.0 Å². The van der Waals surface area contributed by atoms with Crippen LogP contribution in [0.4, 0.5) is 0 Å². The first-order chi connectivity index (χ1) is 13.6. The number of carbonyl (C=O) groups is 1. The molecule has 2 aromatic carbocycles. The number of thioether (sulfide) groups is 1. The topological polar surface area (TPSA) is 88.7 Å². The lowest BCUT2D eigenvalue weighted by atomic mass is 10.00. The zero-order valence-electron chi connectivity index (χ0n) is 15.7. The van der Waals surface area contributed by atoms with Crippen molar-refractivity contribution in [3.05, 3.63) is 59.7 Å². The molecule has 1 amide bonds. The van der Waals surface area contributed by atoms with Crippen molar-refractivity contribution in [2.24, 2.45) is 0 Å². The average Bonchev–Trinajstić information content (AvgIpc) is 3.23. The van der Waals surface area contributed by atoms with Gasteiger partial charge in [0.1, 0.15) is 6.04 Å². The van der Waals surface area contributed by atoms with Crippen LogP contribution in [0.15, 0.2) is 48.5 Å². The van der Waals surface area contributed by atoms with Gasteiger partial charge in [0.2, 0.25) is 5.91 Å². The molecule has 1 heterocycles. The minimum absolute atomic E-state index is 0.0997. The molecule has 3 atom stereocenters. The van der Waals surface area contributed by atoms with E-state index >= 15 is 0 Å². The molecule has 2 aromatic rings. The van der Waals surface area contributed by atoms with Gasteiger partial charge in [0.15, 0.2) is 0 Å². The van der Waals surface area contributed by atoms with E-state index in [0.717, 1.165) is 29.7 Å². The summed E-state index contributed by atoms with van der Waals surface area (Å²) in [5.41, 5.74) is 3.70. The first-order valence-corrected chi connectivity index (χ1v) is 10.5. The zero-order valence-corrected chi connectivity index (χ0v) is 16.5. The average molecular weight is 391 g/mol. The number of benzene rings is 2. The Kier molecular flexibility index (Phi) is 6.71. The molecule has 1 aliphatic heterocycles. The molecule has 2 N–H and O–H groups in total. The zero-order chi connectivity index (χ0) is 19.9. The summed E-state index contributed by atoms with van der Waals surface area (Å²) >= 11 is 1.76. The van der Waals surface area contributed by atoms with E-state index < -0.39 is 6.04 Å². The minimum Gasteiger partial charge on any atom is -0.339 e. The molecule has 0 aliphatic carbocycles. The number of amides is 1. The van der Waals surface area contributed by atoms with Crippen molar-refractivity contribution in [1.29, 1.82) is 10.5 Å². The van der Waals surface area contributed by atoms with E-state index in [9.17, 15) is 10.1 Å². The summed E-state index contributed by atoms with van der Waals surface area (Å²) in [6.45, 7) is 0.827. The van der Waals surface area contributed by atoms with Crippen LogP contribution in [0.3, 0.4) is 0 Å². The second-order valence-corrected chi connectivity index (χ2v) is 7.97. The summed E-state index contributed by atoms with van der Waals surface area (Å²) in [6, 6.07) is 18.9. The van der Waals surface area contributed by atoms with E-state index in [1.165, 1.54) is 0 Å². The Morgan fingerprint density at radius 3 is 2.36 bits per heavy atom. The molecule has 5 nitrogen and oxygen atoms in total. The van der Waals surface area contributed by atoms with Gasteiger partial charge in [-0.05, 0) is 41.5 Å². The second kappa shape index (κ2) is 9.41. The van der Waals surface area contributed by atoms with E-state index in [0.29, 0.717) is 17.2 Å². The lowest BCUT2D eigenvalue weighted by Crippen LogP contribution is -2.45. The van der Waals surface area contributed by atoms with Crippen LogP contribution in [0, 0.1) is 22.7 Å². The normalized spacial score (nSPS) is 19.4. The van der Waals surface area contributed by atoms with E-state index in [-0.39, 0.29) is 11.9 Å². The highest BCUT2D eigenvalue weighted by Gasteiger charge is 2.29. The van der Waals surface area contributed by atoms with Gasteiger partial charge < -0.3 is 10.6 Å². The van der Waals surface area contributed by atoms with Crippen molar-refractivity contribution < 1.29 is 4.79 Å². The Hall–Kier alpha value is -2.80. The largest absolute Gasteiger partial charge is 0.339 e. The number of hydrogen-bond donors (Lipinski definition) is 2. The van der Waals surface area contributed by atoms with E-state index in [1.807, 2.05) is 42.7 Å². The van der Waals surface area contributed by atoms with Crippen LogP contribution in [-0.2, 0) is 11.2 Å². The van der Waals surface area contributed by atoms with Gasteiger partial charge >= 0.3 is 0 Å². The summed E-state index contributed by atoms with van der Waals surface area (Å²) in [4.78, 5) is 12.4. The predicted molar refractivity (Wildman–Crippen MR) is 112 cm³/mol. The summed E-state index contributed by atoms with van der Waals surface area (Å²) in [5.74, 6) is -0.0997. The van der Waals surface area contributed by atoms with Gasteiger partial charge in [-0.3, -0.25) is 4.79 Å². The summed E-state index contributed by atoms with van der Waals surface area (Å²) in [7, 11) is 0. The molecule has 0 unspecified atom stereocenters. The number of nitrogens with one attached hydrogen (secondary N) is 2. The lowest BCUT2D eigenvalue weighted by Gasteiger charge is -2.16. The van der Waals surface area contributed by atoms with Gasteiger partial charge in [-0.2, -0.15) is 22.3 Å². The molecule has 0 aromatic heterocycles. The molecule has 28 heavy (non-hydrogen) atoms. The van der Waals surface area contributed by atoms with E-state index in [2.05, 4.69) is 22.8 Å². The smallest absolute Gasteiger partial charge is 0.238 e. The molecule has 6 heteroatoms. The standard InChI is InChI=1S/C22H22N4OS/c1-28-20-11-21(25-14-20)22(27)26-19(13-24)10-15-2-6-17(7-3-15)18-8-4-16(12-23)5-9-18/h2-9,19-21,25H,10-11,14H2,1H3,(H,26,27)/t19-,20-,21-/m0/s1. The maximum Gasteiger partial charge on any atom is 0.238 e. The highest BCUT2D eigenvalue weighted by atomic mass is 32.2. The Morgan fingerprint density at radius 1 is 1.18 bits per heavy atom. The third kappa shape index (κ3) is 4.92. The fourth-order valence-electron chi connectivity index (χ4n) is 3.29. The predicted octanol–water partition coefficient (Wildman–Crippen LogP) is 2.87. The van der Waals surface area contributed by atoms with E-state index in [1.54, 1.807) is 23.9 Å². The summed E-state index contributed by atoms with van der Waals surface area (Å²) in [6.07, 6.45) is 3.31. The Morgan fingerprint density at radius 2 is 1.82 bits per heavy atom. The third-order valence-corrected chi connectivity index (χ3v) is 5.98. The van der Waals surface area contributed by atoms with Crippen LogP contribution in [0.25, 0.3) is 11.1 Å². The number of nitriles is 2. The highest BCUT2D eigenvalue weighted by Crippen LogP contribution is 2.21. The number of rotatable bonds is 6. The van der Waals surface area contributed by atoms with Crippen LogP contribution in [0.2, 0.25) is 0 Å². The van der Waals surface area contributed by atoms with Gasteiger partial charge in [0, 0.05) is 18.2 Å². The minimum atomic E-state index is -0.552. The van der Waals surface area contributed by atoms with Crippen LogP contribution in [0.5, 0.6) is 0 Å². The van der Waals surface area contributed by atoms with Crippen LogP contribution >= 0.6 is 11.8 Å². The molecule has 1 fully saturated rings. The number of hydrogen-bond acceptors (Lipinski definition) is 5. The van der Waals surface area contributed by atoms with Crippen LogP contribution < -0.4 is 10.6 Å². The van der Waals surface area contributed by atoms with Crippen LogP contribution in [0.1, 0.15) is 17.5 Å². The van der Waals surface area contributed by atoms with Gasteiger partial charge in [0.25, 0.3) is 0 Å². The molecule has 1 aliphatic rings. The van der Waals surface area contributed by atoms with Gasteiger partial charge in [0.05, 0.1) is 23.7 Å². The molecule has 0 bridgehead atoms. The SMILES string of the molecule is CS[C@@H]1CN[C@H](C(=O)N[C@H](C#N)Cc2ccc(-c3ccc(C#N)cc3)cc2)C1. The van der Waals surface area contributed by atoms with Crippen molar-refractivity contribution in [3.8, 4) is 23.3 Å². The van der Waals surface area contributed by atoms with Crippen molar-refractivity contribution in [2.75, 3.05) is 12.8 Å². The molecular formula is C22H22N4OS. The fourth-order valence-corrected chi connectivity index (χ4v) is 3.94. The molecule has 0 saturated carbocycles. The number of nitrogens with zero attached hydrogens (tertiary/aromatic N) is 2. The molecular weight excluding hydrogens is 368 g/mol. The molecule has 1 saturated heterocycles. The highest BCUT2D eigenvalue weighted by molar-refractivity contribution is 7.99. The van der Waals surface area contributed by atoms with Crippen molar-refractivity contribution in [1.82, 2.24) is 10.6 Å². The number of carbonyl (C=O) groups excluding carboxylic acids is 1. The molecule has 3 rings (SSSR count). The maximum atomic E-state index is 12.4. The third-order valence-electron chi connectivity index (χ3n) is 4.95. The fraction of sp³-hybridized carbons (Fsp3) is 0.318. The Bertz CT molecular complexity index is 896. The maximum absolute atomic E-state index is 12.4. The Balaban J connectivity index is 1.59. The van der Waals surface area contributed by atoms with Crippen molar-refractivity contribution >= 4 is 17.7 Å². The lowest BCUT2D eigenvalue weighted by molar-refractivity contribution is -0.123. The molecule has 0 radical (unpaired) electrons. The first kappa shape index (κ1) is 19.9. The van der Waals surface area contributed by atoms with E-state index in [4.69, 9.17) is 5.26 Å². The summed E-state index contributed by atoms with van der Waals surface area (Å²) < 4.78 is 0. The molecule has 0 spiro atoms. The first-order valence-electron chi connectivity index (χ1n) is 9.18. The van der Waals surface area contributed by atoms with Gasteiger partial charge in [-0.1, -0.05) is 36.4 Å². The van der Waals surface area contributed by atoms with Crippen molar-refractivity contribution in [3.63, 3.8) is 0 Å². The molecule has 142 valence electrons. The quantitative estimate of drug-likeness (QED) is 0.792. The monoisotopic (exact) mass is 390 g/mol. The summed E-state index contributed by atoms with van der Waals surface area (Å²) in [5, 5.41) is 24.9. The van der Waals surface area contributed by atoms with Gasteiger partial charge in [-0.15, -0.1) is 0 Å². The second-order valence-electron chi connectivity index (χ2n) is 6.83. The van der Waals surface area contributed by atoms with Crippen molar-refractivity contribution in [2.45, 2.75) is 30.2 Å².